The van der Waals surface area contributed by atoms with Crippen molar-refractivity contribution in [3.63, 3.8) is 0 Å². The number of hydrogen-bond acceptors (Lipinski definition) is 1. The normalized spacial score (nSPS) is 10.5. The number of aryl methyl sites for hydroxylation is 1. The maximum atomic E-state index is 14.1. The van der Waals surface area contributed by atoms with Crippen molar-refractivity contribution in [3.8, 4) is 0 Å². The zero-order chi connectivity index (χ0) is 13.8. The minimum atomic E-state index is -0.195. The maximum absolute atomic E-state index is 14.1. The molecule has 3 heteroatoms. The molecule has 0 spiro atoms. The molecule has 2 aromatic rings. The lowest BCUT2D eigenvalue weighted by molar-refractivity contribution is 0.626. The summed E-state index contributed by atoms with van der Waals surface area (Å²) in [5.74, 6) is -0.195. The standard InChI is InChI=1S/C16H17BrFN/c1-3-12-7-9-14(10-8-12)19(2)16-13(11-17)5-4-6-15(16)18/h4-10H,3,11H2,1-2H3. The highest BCUT2D eigenvalue weighted by Crippen LogP contribution is 2.31. The molecule has 0 fully saturated rings. The van der Waals surface area contributed by atoms with E-state index in [1.807, 2.05) is 30.1 Å². The second-order valence-corrected chi connectivity index (χ2v) is 5.02. The van der Waals surface area contributed by atoms with Gasteiger partial charge in [0.05, 0.1) is 5.69 Å². The van der Waals surface area contributed by atoms with Crippen molar-refractivity contribution < 1.29 is 4.39 Å². The quantitative estimate of drug-likeness (QED) is 0.712. The van der Waals surface area contributed by atoms with E-state index >= 15 is 0 Å². The van der Waals surface area contributed by atoms with Gasteiger partial charge in [0.1, 0.15) is 5.82 Å². The summed E-state index contributed by atoms with van der Waals surface area (Å²) >= 11 is 3.41. The van der Waals surface area contributed by atoms with Gasteiger partial charge in [0, 0.05) is 18.1 Å². The van der Waals surface area contributed by atoms with Crippen LogP contribution >= 0.6 is 15.9 Å². The fourth-order valence-electron chi connectivity index (χ4n) is 2.13. The monoisotopic (exact) mass is 321 g/mol. The number of benzene rings is 2. The molecule has 0 unspecified atom stereocenters. The fraction of sp³-hybridized carbons (Fsp3) is 0.250. The summed E-state index contributed by atoms with van der Waals surface area (Å²) in [6.45, 7) is 2.12. The molecule has 19 heavy (non-hydrogen) atoms. The highest BCUT2D eigenvalue weighted by Gasteiger charge is 2.13. The third-order valence-electron chi connectivity index (χ3n) is 3.28. The average Bonchev–Trinajstić information content (AvgIpc) is 2.46. The van der Waals surface area contributed by atoms with Crippen molar-refractivity contribution >= 4 is 27.3 Å². The molecule has 1 nitrogen and oxygen atoms in total. The van der Waals surface area contributed by atoms with Gasteiger partial charge in [-0.15, -0.1) is 0 Å². The van der Waals surface area contributed by atoms with Crippen LogP contribution in [0.1, 0.15) is 18.1 Å². The number of alkyl halides is 1. The van der Waals surface area contributed by atoms with Crippen molar-refractivity contribution in [2.45, 2.75) is 18.7 Å². The molecular formula is C16H17BrFN. The molecule has 0 aliphatic carbocycles. The van der Waals surface area contributed by atoms with Crippen LogP contribution in [-0.2, 0) is 11.8 Å². The minimum absolute atomic E-state index is 0.195. The average molecular weight is 322 g/mol. The lowest BCUT2D eigenvalue weighted by atomic mass is 10.1. The number of para-hydroxylation sites is 1. The van der Waals surface area contributed by atoms with Gasteiger partial charge in [0.15, 0.2) is 0 Å². The molecule has 0 radical (unpaired) electrons. The molecule has 0 atom stereocenters. The van der Waals surface area contributed by atoms with Gasteiger partial charge in [0.25, 0.3) is 0 Å². The molecular weight excluding hydrogens is 305 g/mol. The highest BCUT2D eigenvalue weighted by atomic mass is 79.9. The minimum Gasteiger partial charge on any atom is -0.342 e. The SMILES string of the molecule is CCc1ccc(N(C)c2c(F)cccc2CBr)cc1. The van der Waals surface area contributed by atoms with Crippen molar-refractivity contribution in [1.29, 1.82) is 0 Å². The second-order valence-electron chi connectivity index (χ2n) is 4.46. The first kappa shape index (κ1) is 14.1. The second kappa shape index (κ2) is 6.20. The zero-order valence-corrected chi connectivity index (χ0v) is 12.7. The first-order valence-corrected chi connectivity index (χ1v) is 7.45. The van der Waals surface area contributed by atoms with E-state index in [1.54, 1.807) is 6.07 Å². The lowest BCUT2D eigenvalue weighted by Gasteiger charge is -2.23. The van der Waals surface area contributed by atoms with Crippen molar-refractivity contribution in [2.24, 2.45) is 0 Å². The van der Waals surface area contributed by atoms with Crippen LogP contribution in [0.3, 0.4) is 0 Å². The van der Waals surface area contributed by atoms with Gasteiger partial charge in [-0.1, -0.05) is 47.1 Å². The summed E-state index contributed by atoms with van der Waals surface area (Å²) in [7, 11) is 1.89. The van der Waals surface area contributed by atoms with E-state index < -0.39 is 0 Å². The molecule has 0 aliphatic heterocycles. The lowest BCUT2D eigenvalue weighted by Crippen LogP contribution is -2.13. The molecule has 2 aromatic carbocycles. The summed E-state index contributed by atoms with van der Waals surface area (Å²) in [6, 6.07) is 13.4. The molecule has 0 saturated carbocycles. The van der Waals surface area contributed by atoms with Gasteiger partial charge >= 0.3 is 0 Å². The Bertz CT molecular complexity index is 551. The topological polar surface area (TPSA) is 3.24 Å². The van der Waals surface area contributed by atoms with E-state index in [-0.39, 0.29) is 5.82 Å². The Morgan fingerprint density at radius 2 is 1.79 bits per heavy atom. The summed E-state index contributed by atoms with van der Waals surface area (Å²) in [5, 5.41) is 0.636. The third-order valence-corrected chi connectivity index (χ3v) is 3.89. The van der Waals surface area contributed by atoms with Crippen LogP contribution in [0, 0.1) is 5.82 Å². The third kappa shape index (κ3) is 2.98. The van der Waals surface area contributed by atoms with Crippen LogP contribution in [0.15, 0.2) is 42.5 Å². The fourth-order valence-corrected chi connectivity index (χ4v) is 2.58. The summed E-state index contributed by atoms with van der Waals surface area (Å²) in [6.07, 6.45) is 1.01. The Hall–Kier alpha value is -1.35. The van der Waals surface area contributed by atoms with Gasteiger partial charge in [0.2, 0.25) is 0 Å². The van der Waals surface area contributed by atoms with Gasteiger partial charge in [-0.2, -0.15) is 0 Å². The molecule has 0 heterocycles. The molecule has 0 bridgehead atoms. The van der Waals surface area contributed by atoms with Gasteiger partial charge in [-0.05, 0) is 35.7 Å². The van der Waals surface area contributed by atoms with Crippen LogP contribution < -0.4 is 4.90 Å². The molecule has 0 aromatic heterocycles. The van der Waals surface area contributed by atoms with E-state index in [0.29, 0.717) is 11.0 Å². The van der Waals surface area contributed by atoms with E-state index in [0.717, 1.165) is 17.7 Å². The molecule has 2 rings (SSSR count). The van der Waals surface area contributed by atoms with Gasteiger partial charge in [-0.25, -0.2) is 4.39 Å². The van der Waals surface area contributed by atoms with Crippen molar-refractivity contribution in [3.05, 3.63) is 59.4 Å². The Morgan fingerprint density at radius 1 is 1.11 bits per heavy atom. The zero-order valence-electron chi connectivity index (χ0n) is 11.2. The highest BCUT2D eigenvalue weighted by molar-refractivity contribution is 9.08. The molecule has 0 amide bonds. The van der Waals surface area contributed by atoms with Crippen molar-refractivity contribution in [1.82, 2.24) is 0 Å². The number of anilines is 2. The Kier molecular flexibility index (Phi) is 4.59. The first-order chi connectivity index (χ1) is 9.17. The molecule has 0 aliphatic rings. The predicted octanol–water partition coefficient (Wildman–Crippen LogP) is 5.05. The predicted molar refractivity (Wildman–Crippen MR) is 82.9 cm³/mol. The van der Waals surface area contributed by atoms with E-state index in [2.05, 4.69) is 35.0 Å². The smallest absolute Gasteiger partial charge is 0.147 e. The summed E-state index contributed by atoms with van der Waals surface area (Å²) in [5.41, 5.74) is 3.85. The number of nitrogens with zero attached hydrogens (tertiary/aromatic N) is 1. The van der Waals surface area contributed by atoms with E-state index in [1.165, 1.54) is 11.6 Å². The molecule has 0 N–H and O–H groups in total. The number of halogens is 2. The Labute approximate surface area is 122 Å². The Balaban J connectivity index is 2.40. The van der Waals surface area contributed by atoms with Crippen molar-refractivity contribution in [2.75, 3.05) is 11.9 Å². The molecule has 100 valence electrons. The largest absolute Gasteiger partial charge is 0.342 e. The van der Waals surface area contributed by atoms with Crippen LogP contribution in [0.4, 0.5) is 15.8 Å². The van der Waals surface area contributed by atoms with Crippen LogP contribution in [0.25, 0.3) is 0 Å². The number of hydrogen-bond donors (Lipinski definition) is 0. The van der Waals surface area contributed by atoms with Gasteiger partial charge < -0.3 is 4.90 Å². The molecule has 0 saturated heterocycles. The number of rotatable bonds is 4. The van der Waals surface area contributed by atoms with E-state index in [9.17, 15) is 4.39 Å². The van der Waals surface area contributed by atoms with E-state index in [4.69, 9.17) is 0 Å². The van der Waals surface area contributed by atoms with Crippen LogP contribution in [0.5, 0.6) is 0 Å². The van der Waals surface area contributed by atoms with Crippen LogP contribution in [0.2, 0.25) is 0 Å². The first-order valence-electron chi connectivity index (χ1n) is 6.33. The maximum Gasteiger partial charge on any atom is 0.147 e. The summed E-state index contributed by atoms with van der Waals surface area (Å²) in [4.78, 5) is 1.89. The van der Waals surface area contributed by atoms with Gasteiger partial charge in [-0.3, -0.25) is 0 Å². The summed E-state index contributed by atoms with van der Waals surface area (Å²) < 4.78 is 14.1. The van der Waals surface area contributed by atoms with Crippen LogP contribution in [-0.4, -0.2) is 7.05 Å². The Morgan fingerprint density at radius 3 is 2.37 bits per heavy atom.